The molecule has 0 fully saturated rings. The van der Waals surface area contributed by atoms with E-state index in [0.29, 0.717) is 0 Å². The van der Waals surface area contributed by atoms with Crippen LogP contribution < -0.4 is 9.47 Å². The van der Waals surface area contributed by atoms with Crippen molar-refractivity contribution in [3.63, 3.8) is 0 Å². The van der Waals surface area contributed by atoms with Crippen molar-refractivity contribution in [2.24, 2.45) is 0 Å². The van der Waals surface area contributed by atoms with Crippen molar-refractivity contribution in [1.29, 1.82) is 0 Å². The van der Waals surface area contributed by atoms with E-state index < -0.39 is 5.82 Å². The maximum atomic E-state index is 12.7. The highest BCUT2D eigenvalue weighted by Gasteiger charge is 2.15. The lowest BCUT2D eigenvalue weighted by atomic mass is 10.3. The largest absolute Gasteiger partial charge is 0.489 e. The second kappa shape index (κ2) is 3.05. The Morgan fingerprint density at radius 2 is 2.15 bits per heavy atom. The summed E-state index contributed by atoms with van der Waals surface area (Å²) >= 11 is 0. The SMILES string of the molecule is O=C1CCOc2cc(F)ccc2O1. The molecule has 2 rings (SSSR count). The second-order valence-corrected chi connectivity index (χ2v) is 2.66. The number of hydrogen-bond donors (Lipinski definition) is 0. The molecule has 13 heavy (non-hydrogen) atoms. The quantitative estimate of drug-likeness (QED) is 0.450. The van der Waals surface area contributed by atoms with E-state index in [1.54, 1.807) is 0 Å². The predicted molar refractivity (Wildman–Crippen MR) is 42.1 cm³/mol. The van der Waals surface area contributed by atoms with E-state index in [1.165, 1.54) is 18.2 Å². The number of halogens is 1. The Hall–Kier alpha value is -1.58. The molecule has 0 atom stereocenters. The van der Waals surface area contributed by atoms with Crippen LogP contribution in [0.1, 0.15) is 6.42 Å². The first-order valence-electron chi connectivity index (χ1n) is 3.89. The summed E-state index contributed by atoms with van der Waals surface area (Å²) < 4.78 is 22.7. The van der Waals surface area contributed by atoms with Crippen LogP contribution in [0.4, 0.5) is 4.39 Å². The average Bonchev–Trinajstić information content (AvgIpc) is 2.25. The fourth-order valence-electron chi connectivity index (χ4n) is 1.10. The number of fused-ring (bicyclic) bond motifs is 1. The van der Waals surface area contributed by atoms with Gasteiger partial charge >= 0.3 is 5.97 Å². The van der Waals surface area contributed by atoms with Crippen molar-refractivity contribution in [2.45, 2.75) is 6.42 Å². The number of carbonyl (C=O) groups is 1. The Balaban J connectivity index is 2.40. The highest BCUT2D eigenvalue weighted by atomic mass is 19.1. The number of esters is 1. The van der Waals surface area contributed by atoms with E-state index in [0.717, 1.165) is 0 Å². The fourth-order valence-corrected chi connectivity index (χ4v) is 1.10. The van der Waals surface area contributed by atoms with Crippen molar-refractivity contribution in [3.05, 3.63) is 24.0 Å². The zero-order valence-electron chi connectivity index (χ0n) is 6.75. The first-order valence-corrected chi connectivity index (χ1v) is 3.89. The van der Waals surface area contributed by atoms with Crippen LogP contribution in [0.5, 0.6) is 11.5 Å². The highest BCUT2D eigenvalue weighted by molar-refractivity contribution is 5.74. The minimum absolute atomic E-state index is 0.191. The monoisotopic (exact) mass is 182 g/mol. The van der Waals surface area contributed by atoms with Gasteiger partial charge in [0.25, 0.3) is 0 Å². The molecule has 0 saturated heterocycles. The third-order valence-electron chi connectivity index (χ3n) is 1.69. The summed E-state index contributed by atoms with van der Waals surface area (Å²) in [4.78, 5) is 10.9. The molecule has 1 aliphatic heterocycles. The zero-order chi connectivity index (χ0) is 9.26. The topological polar surface area (TPSA) is 35.5 Å². The molecule has 1 heterocycles. The lowest BCUT2D eigenvalue weighted by Gasteiger charge is -2.04. The van der Waals surface area contributed by atoms with Gasteiger partial charge in [0.2, 0.25) is 0 Å². The summed E-state index contributed by atoms with van der Waals surface area (Å²) in [5.41, 5.74) is 0. The van der Waals surface area contributed by atoms with E-state index in [2.05, 4.69) is 0 Å². The van der Waals surface area contributed by atoms with Gasteiger partial charge in [0.1, 0.15) is 5.82 Å². The van der Waals surface area contributed by atoms with Crippen LogP contribution in [-0.2, 0) is 4.79 Å². The molecule has 0 aromatic heterocycles. The van der Waals surface area contributed by atoms with Crippen LogP contribution in [0, 0.1) is 5.82 Å². The number of carbonyl (C=O) groups excluding carboxylic acids is 1. The van der Waals surface area contributed by atoms with Gasteiger partial charge in [0.05, 0.1) is 13.0 Å². The van der Waals surface area contributed by atoms with E-state index >= 15 is 0 Å². The molecule has 68 valence electrons. The molecule has 0 unspecified atom stereocenters. The normalized spacial score (nSPS) is 15.3. The van der Waals surface area contributed by atoms with Gasteiger partial charge in [-0.2, -0.15) is 0 Å². The fraction of sp³-hybridized carbons (Fsp3) is 0.222. The average molecular weight is 182 g/mol. The number of hydrogen-bond acceptors (Lipinski definition) is 3. The Bertz CT molecular complexity index is 349. The Labute approximate surface area is 74.1 Å². The van der Waals surface area contributed by atoms with Crippen molar-refractivity contribution in [1.82, 2.24) is 0 Å². The summed E-state index contributed by atoms with van der Waals surface area (Å²) in [5, 5.41) is 0. The van der Waals surface area contributed by atoms with Crippen LogP contribution in [-0.4, -0.2) is 12.6 Å². The summed E-state index contributed by atoms with van der Waals surface area (Å²) in [6, 6.07) is 3.81. The molecular formula is C9H7FO3. The van der Waals surface area contributed by atoms with Crippen LogP contribution >= 0.6 is 0 Å². The third-order valence-corrected chi connectivity index (χ3v) is 1.69. The maximum absolute atomic E-state index is 12.7. The molecular weight excluding hydrogens is 175 g/mol. The van der Waals surface area contributed by atoms with E-state index in [4.69, 9.17) is 9.47 Å². The smallest absolute Gasteiger partial charge is 0.314 e. The van der Waals surface area contributed by atoms with Crippen LogP contribution in [0.2, 0.25) is 0 Å². The molecule has 1 aliphatic rings. The minimum Gasteiger partial charge on any atom is -0.489 e. The van der Waals surface area contributed by atoms with Crippen molar-refractivity contribution in [3.8, 4) is 11.5 Å². The summed E-state index contributed by atoms with van der Waals surface area (Å²) in [7, 11) is 0. The van der Waals surface area contributed by atoms with Gasteiger partial charge in [-0.05, 0) is 12.1 Å². The van der Waals surface area contributed by atoms with Crippen LogP contribution in [0.3, 0.4) is 0 Å². The molecule has 0 radical (unpaired) electrons. The van der Waals surface area contributed by atoms with E-state index in [9.17, 15) is 9.18 Å². The zero-order valence-corrected chi connectivity index (χ0v) is 6.75. The van der Waals surface area contributed by atoms with Crippen molar-refractivity contribution < 1.29 is 18.7 Å². The van der Waals surface area contributed by atoms with Crippen LogP contribution in [0.25, 0.3) is 0 Å². The standard InChI is InChI=1S/C9H7FO3/c10-6-1-2-7-8(5-6)12-4-3-9(11)13-7/h1-2,5H,3-4H2. The Morgan fingerprint density at radius 3 is 3.00 bits per heavy atom. The van der Waals surface area contributed by atoms with E-state index in [1.807, 2.05) is 0 Å². The minimum atomic E-state index is -0.406. The molecule has 0 saturated carbocycles. The first kappa shape index (κ1) is 8.04. The first-order chi connectivity index (χ1) is 6.25. The molecule has 0 amide bonds. The molecule has 1 aromatic carbocycles. The number of ether oxygens (including phenoxy) is 2. The molecule has 0 spiro atoms. The molecule has 0 N–H and O–H groups in total. The predicted octanol–water partition coefficient (Wildman–Crippen LogP) is 1.51. The highest BCUT2D eigenvalue weighted by Crippen LogP contribution is 2.29. The van der Waals surface area contributed by atoms with Gasteiger partial charge in [0.15, 0.2) is 11.5 Å². The van der Waals surface area contributed by atoms with Gasteiger partial charge < -0.3 is 9.47 Å². The Kier molecular flexibility index (Phi) is 1.88. The van der Waals surface area contributed by atoms with Gasteiger partial charge in [-0.3, -0.25) is 4.79 Å². The molecule has 0 aliphatic carbocycles. The Morgan fingerprint density at radius 1 is 1.31 bits per heavy atom. The van der Waals surface area contributed by atoms with Crippen molar-refractivity contribution >= 4 is 5.97 Å². The van der Waals surface area contributed by atoms with E-state index in [-0.39, 0.29) is 30.5 Å². The number of benzene rings is 1. The van der Waals surface area contributed by atoms with Crippen LogP contribution in [0.15, 0.2) is 18.2 Å². The van der Waals surface area contributed by atoms with Gasteiger partial charge in [-0.15, -0.1) is 0 Å². The molecule has 4 heteroatoms. The number of rotatable bonds is 0. The maximum Gasteiger partial charge on any atom is 0.314 e. The second-order valence-electron chi connectivity index (χ2n) is 2.66. The van der Waals surface area contributed by atoms with Crippen molar-refractivity contribution in [2.75, 3.05) is 6.61 Å². The third kappa shape index (κ3) is 1.61. The van der Waals surface area contributed by atoms with Gasteiger partial charge in [-0.1, -0.05) is 0 Å². The molecule has 1 aromatic rings. The lowest BCUT2D eigenvalue weighted by Crippen LogP contribution is -2.07. The lowest BCUT2D eigenvalue weighted by molar-refractivity contribution is -0.134. The molecule has 3 nitrogen and oxygen atoms in total. The summed E-state index contributed by atoms with van der Waals surface area (Å²) in [6.45, 7) is 0.231. The van der Waals surface area contributed by atoms with Gasteiger partial charge in [-0.25, -0.2) is 4.39 Å². The molecule has 0 bridgehead atoms. The summed E-state index contributed by atoms with van der Waals surface area (Å²) in [6.07, 6.45) is 0.191. The van der Waals surface area contributed by atoms with Gasteiger partial charge in [0, 0.05) is 6.07 Å². The summed E-state index contributed by atoms with van der Waals surface area (Å²) in [5.74, 6) is -0.197.